The van der Waals surface area contributed by atoms with Crippen LogP contribution in [-0.2, 0) is 5.41 Å². The normalized spacial score (nSPS) is 13.1. The van der Waals surface area contributed by atoms with E-state index >= 15 is 0 Å². The Morgan fingerprint density at radius 3 is 1.88 bits per heavy atom. The summed E-state index contributed by atoms with van der Waals surface area (Å²) in [6, 6.07) is 66.6. The Labute approximate surface area is 298 Å². The summed E-state index contributed by atoms with van der Waals surface area (Å²) in [5.74, 6) is 0. The second kappa shape index (κ2) is 11.3. The second-order valence-electron chi connectivity index (χ2n) is 14.2. The van der Waals surface area contributed by atoms with Gasteiger partial charge in [-0.2, -0.15) is 0 Å². The van der Waals surface area contributed by atoms with Crippen LogP contribution in [0.4, 0.5) is 17.1 Å². The van der Waals surface area contributed by atoms with Gasteiger partial charge in [-0.15, -0.1) is 0 Å². The van der Waals surface area contributed by atoms with Gasteiger partial charge in [0.25, 0.3) is 0 Å². The third-order valence-electron chi connectivity index (χ3n) is 11.0. The highest BCUT2D eigenvalue weighted by molar-refractivity contribution is 6.19. The third kappa shape index (κ3) is 4.57. The summed E-state index contributed by atoms with van der Waals surface area (Å²) in [6.45, 7) is 4.69. The quantitative estimate of drug-likeness (QED) is 0.180. The van der Waals surface area contributed by atoms with Crippen molar-refractivity contribution in [2.75, 3.05) is 4.90 Å². The van der Waals surface area contributed by atoms with Gasteiger partial charge in [0.2, 0.25) is 0 Å². The lowest BCUT2D eigenvalue weighted by molar-refractivity contribution is 0.660. The first-order chi connectivity index (χ1) is 25.1. The maximum atomic E-state index is 2.43. The molecule has 1 aliphatic carbocycles. The highest BCUT2D eigenvalue weighted by Gasteiger charge is 2.35. The molecule has 0 atom stereocenters. The molecule has 0 spiro atoms. The lowest BCUT2D eigenvalue weighted by Gasteiger charge is -2.27. The van der Waals surface area contributed by atoms with Gasteiger partial charge >= 0.3 is 0 Å². The number of fused-ring (bicyclic) bond motifs is 8. The summed E-state index contributed by atoms with van der Waals surface area (Å²) in [5, 5.41) is 4.98. The van der Waals surface area contributed by atoms with Crippen molar-refractivity contribution in [2.45, 2.75) is 19.3 Å². The predicted molar refractivity (Wildman–Crippen MR) is 216 cm³/mol. The van der Waals surface area contributed by atoms with Gasteiger partial charge in [0.05, 0.1) is 11.0 Å². The number of benzene rings is 8. The largest absolute Gasteiger partial charge is 0.310 e. The van der Waals surface area contributed by atoms with Crippen LogP contribution in [0.1, 0.15) is 25.0 Å². The monoisotopic (exact) mass is 652 g/mol. The molecule has 0 amide bonds. The average Bonchev–Trinajstić information content (AvgIpc) is 3.64. The van der Waals surface area contributed by atoms with Crippen molar-refractivity contribution in [3.8, 4) is 27.9 Å². The standard InChI is InChI=1S/C49H36N2/c1-49(2)45-20-12-11-19-41(45)43-31-38(26-29-46(43)49)50(37-24-21-34(22-25-37)33-13-5-3-6-14-33)39-27-30-47-44(32-39)42-28-23-35-15-9-10-18-40(35)48(42)51(47)36-16-7-4-8-17-36/h3-32H,1-2H3. The van der Waals surface area contributed by atoms with Crippen molar-refractivity contribution >= 4 is 49.6 Å². The molecule has 2 nitrogen and oxygen atoms in total. The van der Waals surface area contributed by atoms with Crippen LogP contribution < -0.4 is 4.90 Å². The molecule has 0 fully saturated rings. The number of anilines is 3. The van der Waals surface area contributed by atoms with Gasteiger partial charge in [0.1, 0.15) is 0 Å². The topological polar surface area (TPSA) is 8.17 Å². The van der Waals surface area contributed by atoms with Crippen LogP contribution >= 0.6 is 0 Å². The number of nitrogens with zero attached hydrogens (tertiary/aromatic N) is 2. The number of para-hydroxylation sites is 1. The van der Waals surface area contributed by atoms with E-state index in [1.54, 1.807) is 0 Å². The van der Waals surface area contributed by atoms with Crippen LogP contribution in [0.5, 0.6) is 0 Å². The summed E-state index contributed by atoms with van der Waals surface area (Å²) >= 11 is 0. The molecular weight excluding hydrogens is 617 g/mol. The van der Waals surface area contributed by atoms with E-state index in [1.165, 1.54) is 66.0 Å². The summed E-state index contributed by atoms with van der Waals surface area (Å²) in [5.41, 5.74) is 14.8. The molecule has 0 unspecified atom stereocenters. The molecule has 0 N–H and O–H groups in total. The predicted octanol–water partition coefficient (Wildman–Crippen LogP) is 13.4. The average molecular weight is 653 g/mol. The molecule has 0 radical (unpaired) electrons. The fourth-order valence-corrected chi connectivity index (χ4v) is 8.48. The Bertz CT molecular complexity index is 2750. The molecule has 2 heteroatoms. The Morgan fingerprint density at radius 1 is 0.431 bits per heavy atom. The number of hydrogen-bond donors (Lipinski definition) is 0. The maximum Gasteiger partial charge on any atom is 0.0619 e. The molecule has 242 valence electrons. The van der Waals surface area contributed by atoms with E-state index in [1.807, 2.05) is 0 Å². The summed E-state index contributed by atoms with van der Waals surface area (Å²) < 4.78 is 2.43. The number of hydrogen-bond acceptors (Lipinski definition) is 1. The van der Waals surface area contributed by atoms with Crippen molar-refractivity contribution < 1.29 is 0 Å². The van der Waals surface area contributed by atoms with Crippen LogP contribution in [0, 0.1) is 0 Å². The molecular formula is C49H36N2. The Morgan fingerprint density at radius 2 is 1.06 bits per heavy atom. The highest BCUT2D eigenvalue weighted by Crippen LogP contribution is 2.51. The summed E-state index contributed by atoms with van der Waals surface area (Å²) in [6.07, 6.45) is 0. The Balaban J connectivity index is 1.21. The molecule has 0 bridgehead atoms. The zero-order valence-electron chi connectivity index (χ0n) is 28.7. The van der Waals surface area contributed by atoms with Crippen LogP contribution in [0.15, 0.2) is 182 Å². The SMILES string of the molecule is CC1(C)c2ccccc2-c2cc(N(c3ccc(-c4ccccc4)cc3)c3ccc4c(c3)c3ccc5ccccc5c3n4-c3ccccc3)ccc21. The van der Waals surface area contributed by atoms with Gasteiger partial charge in [-0.05, 0) is 93.4 Å². The minimum absolute atomic E-state index is 0.0480. The van der Waals surface area contributed by atoms with Gasteiger partial charge in [-0.25, -0.2) is 0 Å². The molecule has 1 aliphatic rings. The number of aromatic nitrogens is 1. The van der Waals surface area contributed by atoms with E-state index in [4.69, 9.17) is 0 Å². The van der Waals surface area contributed by atoms with Gasteiger partial charge in [0, 0.05) is 44.3 Å². The molecule has 10 rings (SSSR count). The zero-order chi connectivity index (χ0) is 34.1. The zero-order valence-corrected chi connectivity index (χ0v) is 28.7. The van der Waals surface area contributed by atoms with Gasteiger partial charge < -0.3 is 9.47 Å². The number of rotatable bonds is 5. The first-order valence-corrected chi connectivity index (χ1v) is 17.8. The Hall–Kier alpha value is -6.38. The van der Waals surface area contributed by atoms with Crippen LogP contribution in [0.3, 0.4) is 0 Å². The maximum absolute atomic E-state index is 2.43. The fourth-order valence-electron chi connectivity index (χ4n) is 8.48. The molecule has 51 heavy (non-hydrogen) atoms. The lowest BCUT2D eigenvalue weighted by Crippen LogP contribution is -2.15. The first-order valence-electron chi connectivity index (χ1n) is 17.8. The third-order valence-corrected chi connectivity index (χ3v) is 11.0. The minimum Gasteiger partial charge on any atom is -0.310 e. The van der Waals surface area contributed by atoms with E-state index in [0.717, 1.165) is 22.7 Å². The molecule has 0 saturated carbocycles. The van der Waals surface area contributed by atoms with Crippen LogP contribution in [0.25, 0.3) is 60.5 Å². The van der Waals surface area contributed by atoms with Crippen molar-refractivity contribution in [2.24, 2.45) is 0 Å². The molecule has 8 aromatic carbocycles. The second-order valence-corrected chi connectivity index (χ2v) is 14.2. The highest BCUT2D eigenvalue weighted by atomic mass is 15.1. The Kier molecular flexibility index (Phi) is 6.56. The molecule has 1 aromatic heterocycles. The van der Waals surface area contributed by atoms with E-state index in [2.05, 4.69) is 205 Å². The smallest absolute Gasteiger partial charge is 0.0619 e. The fraction of sp³-hybridized carbons (Fsp3) is 0.0612. The van der Waals surface area contributed by atoms with Crippen LogP contribution in [0.2, 0.25) is 0 Å². The van der Waals surface area contributed by atoms with E-state index in [0.29, 0.717) is 0 Å². The van der Waals surface area contributed by atoms with E-state index in [9.17, 15) is 0 Å². The van der Waals surface area contributed by atoms with E-state index < -0.39 is 0 Å². The van der Waals surface area contributed by atoms with Gasteiger partial charge in [-0.3, -0.25) is 0 Å². The van der Waals surface area contributed by atoms with Crippen molar-refractivity contribution in [3.05, 3.63) is 193 Å². The minimum atomic E-state index is -0.0480. The summed E-state index contributed by atoms with van der Waals surface area (Å²) in [7, 11) is 0. The first kappa shape index (κ1) is 29.5. The van der Waals surface area contributed by atoms with Gasteiger partial charge in [-0.1, -0.05) is 141 Å². The van der Waals surface area contributed by atoms with Crippen molar-refractivity contribution in [3.63, 3.8) is 0 Å². The molecule has 0 aliphatic heterocycles. The van der Waals surface area contributed by atoms with Gasteiger partial charge in [0.15, 0.2) is 0 Å². The summed E-state index contributed by atoms with van der Waals surface area (Å²) in [4.78, 5) is 2.43. The molecule has 1 heterocycles. The van der Waals surface area contributed by atoms with Crippen molar-refractivity contribution in [1.29, 1.82) is 0 Å². The lowest BCUT2D eigenvalue weighted by atomic mass is 9.82. The molecule has 0 saturated heterocycles. The molecule has 9 aromatic rings. The van der Waals surface area contributed by atoms with Crippen LogP contribution in [-0.4, -0.2) is 4.57 Å². The van der Waals surface area contributed by atoms with E-state index in [-0.39, 0.29) is 5.41 Å². The van der Waals surface area contributed by atoms with Crippen molar-refractivity contribution in [1.82, 2.24) is 4.57 Å².